The van der Waals surface area contributed by atoms with Crippen LogP contribution in [0.3, 0.4) is 0 Å². The van der Waals surface area contributed by atoms with Crippen molar-refractivity contribution < 1.29 is 20.0 Å². The van der Waals surface area contributed by atoms with E-state index in [2.05, 4.69) is 9.87 Å². The Bertz CT molecular complexity index is 524. The fourth-order valence-corrected chi connectivity index (χ4v) is 1.31. The minimum Gasteiger partial charge on any atom is -0.477 e. The number of aromatic carboxylic acids is 1. The highest BCUT2D eigenvalue weighted by molar-refractivity contribution is 5.91. The van der Waals surface area contributed by atoms with Crippen LogP contribution in [0.15, 0.2) is 30.3 Å². The van der Waals surface area contributed by atoms with Crippen molar-refractivity contribution in [2.75, 3.05) is 0 Å². The van der Waals surface area contributed by atoms with Crippen molar-refractivity contribution in [3.8, 4) is 5.75 Å². The zero-order valence-corrected chi connectivity index (χ0v) is 7.54. The van der Waals surface area contributed by atoms with Crippen molar-refractivity contribution in [2.45, 2.75) is 0 Å². The standard InChI is InChI=1S/C10H7NO4/c12-10(13)7-5-4-6-2-1-3-8(15-14)9(6)11-7/h1-5,14H,(H,12,13). The van der Waals surface area contributed by atoms with Crippen LogP contribution in [-0.4, -0.2) is 21.3 Å². The number of benzene rings is 1. The SMILES string of the molecule is O=C(O)c1ccc2cccc(OO)c2n1. The van der Waals surface area contributed by atoms with Gasteiger partial charge in [-0.1, -0.05) is 18.2 Å². The van der Waals surface area contributed by atoms with E-state index < -0.39 is 5.97 Å². The molecule has 0 aliphatic rings. The second-order valence-corrected chi connectivity index (χ2v) is 2.92. The number of para-hydroxylation sites is 1. The van der Waals surface area contributed by atoms with E-state index in [1.165, 1.54) is 12.1 Å². The molecule has 0 spiro atoms. The van der Waals surface area contributed by atoms with Crippen molar-refractivity contribution >= 4 is 16.9 Å². The molecule has 0 saturated carbocycles. The third kappa shape index (κ3) is 1.60. The van der Waals surface area contributed by atoms with Gasteiger partial charge in [-0.05, 0) is 12.1 Å². The fraction of sp³-hybridized carbons (Fsp3) is 0. The van der Waals surface area contributed by atoms with Crippen LogP contribution >= 0.6 is 0 Å². The van der Waals surface area contributed by atoms with Gasteiger partial charge >= 0.3 is 5.97 Å². The molecule has 1 aromatic carbocycles. The molecule has 1 heterocycles. The molecule has 0 unspecified atom stereocenters. The molecular formula is C10H7NO4. The summed E-state index contributed by atoms with van der Waals surface area (Å²) in [5, 5.41) is 18.0. The number of pyridine rings is 1. The van der Waals surface area contributed by atoms with Crippen LogP contribution in [0.25, 0.3) is 10.9 Å². The molecule has 0 atom stereocenters. The molecule has 0 radical (unpaired) electrons. The van der Waals surface area contributed by atoms with Gasteiger partial charge in [0.1, 0.15) is 11.2 Å². The molecule has 76 valence electrons. The van der Waals surface area contributed by atoms with Crippen molar-refractivity contribution in [1.29, 1.82) is 0 Å². The van der Waals surface area contributed by atoms with Gasteiger partial charge in [-0.25, -0.2) is 15.0 Å². The highest BCUT2D eigenvalue weighted by atomic mass is 17.1. The summed E-state index contributed by atoms with van der Waals surface area (Å²) in [6.45, 7) is 0. The van der Waals surface area contributed by atoms with Crippen molar-refractivity contribution in [3.63, 3.8) is 0 Å². The number of hydrogen-bond acceptors (Lipinski definition) is 4. The lowest BCUT2D eigenvalue weighted by molar-refractivity contribution is -0.136. The smallest absolute Gasteiger partial charge is 0.354 e. The lowest BCUT2D eigenvalue weighted by Crippen LogP contribution is -2.00. The van der Waals surface area contributed by atoms with E-state index >= 15 is 0 Å². The zero-order valence-electron chi connectivity index (χ0n) is 7.54. The molecule has 5 heteroatoms. The Hall–Kier alpha value is -2.14. The maximum absolute atomic E-state index is 10.7. The lowest BCUT2D eigenvalue weighted by Gasteiger charge is -2.02. The van der Waals surface area contributed by atoms with Gasteiger partial charge in [0.25, 0.3) is 0 Å². The molecule has 2 rings (SSSR count). The second-order valence-electron chi connectivity index (χ2n) is 2.92. The molecule has 2 N–H and O–H groups in total. The van der Waals surface area contributed by atoms with Crippen molar-refractivity contribution in [3.05, 3.63) is 36.0 Å². The molecule has 2 aromatic rings. The molecule has 1 aromatic heterocycles. The van der Waals surface area contributed by atoms with Crippen LogP contribution in [0, 0.1) is 0 Å². The Labute approximate surface area is 84.5 Å². The van der Waals surface area contributed by atoms with Crippen LogP contribution in [0.2, 0.25) is 0 Å². The molecular weight excluding hydrogens is 198 g/mol. The van der Waals surface area contributed by atoms with Gasteiger partial charge < -0.3 is 9.99 Å². The number of rotatable bonds is 2. The molecule has 0 aliphatic heterocycles. The topological polar surface area (TPSA) is 79.7 Å². The number of nitrogens with zero attached hydrogens (tertiary/aromatic N) is 1. The van der Waals surface area contributed by atoms with Gasteiger partial charge in [-0.3, -0.25) is 0 Å². The molecule has 0 saturated heterocycles. The van der Waals surface area contributed by atoms with Gasteiger partial charge in [0.05, 0.1) is 0 Å². The first-order valence-corrected chi connectivity index (χ1v) is 4.17. The Balaban J connectivity index is 2.72. The molecule has 0 bridgehead atoms. The highest BCUT2D eigenvalue weighted by Gasteiger charge is 2.08. The minimum atomic E-state index is -1.12. The predicted octanol–water partition coefficient (Wildman–Crippen LogP) is 1.78. The summed E-state index contributed by atoms with van der Waals surface area (Å²) in [5.74, 6) is -0.986. The molecule has 15 heavy (non-hydrogen) atoms. The molecule has 5 nitrogen and oxygen atoms in total. The van der Waals surface area contributed by atoms with Gasteiger partial charge in [0.2, 0.25) is 0 Å². The summed E-state index contributed by atoms with van der Waals surface area (Å²) >= 11 is 0. The number of fused-ring (bicyclic) bond motifs is 1. The zero-order chi connectivity index (χ0) is 10.8. The van der Waals surface area contributed by atoms with Crippen LogP contribution in [-0.2, 0) is 0 Å². The first kappa shape index (κ1) is 9.42. The second kappa shape index (κ2) is 3.55. The molecule has 0 aliphatic carbocycles. The predicted molar refractivity (Wildman–Crippen MR) is 52.0 cm³/mol. The number of carboxylic acids is 1. The number of carbonyl (C=O) groups is 1. The normalized spacial score (nSPS) is 10.2. The van der Waals surface area contributed by atoms with Gasteiger partial charge in [0, 0.05) is 5.39 Å². The first-order chi connectivity index (χ1) is 7.22. The van der Waals surface area contributed by atoms with Crippen LogP contribution < -0.4 is 4.89 Å². The van der Waals surface area contributed by atoms with E-state index in [4.69, 9.17) is 10.4 Å². The maximum atomic E-state index is 10.7. The van der Waals surface area contributed by atoms with E-state index in [9.17, 15) is 4.79 Å². The van der Waals surface area contributed by atoms with Gasteiger partial charge in [0.15, 0.2) is 5.75 Å². The van der Waals surface area contributed by atoms with Crippen LogP contribution in [0.4, 0.5) is 0 Å². The first-order valence-electron chi connectivity index (χ1n) is 4.17. The summed E-state index contributed by atoms with van der Waals surface area (Å²) in [6, 6.07) is 7.92. The van der Waals surface area contributed by atoms with Crippen LogP contribution in [0.5, 0.6) is 5.75 Å². The highest BCUT2D eigenvalue weighted by Crippen LogP contribution is 2.23. The summed E-state index contributed by atoms with van der Waals surface area (Å²) in [4.78, 5) is 18.6. The van der Waals surface area contributed by atoms with E-state index in [1.807, 2.05) is 0 Å². The summed E-state index contributed by atoms with van der Waals surface area (Å²) in [5.41, 5.74) is 0.229. The quantitative estimate of drug-likeness (QED) is 0.577. The van der Waals surface area contributed by atoms with E-state index in [-0.39, 0.29) is 11.4 Å². The van der Waals surface area contributed by atoms with E-state index in [0.29, 0.717) is 10.9 Å². The Kier molecular flexibility index (Phi) is 2.23. The van der Waals surface area contributed by atoms with E-state index in [1.54, 1.807) is 18.2 Å². The lowest BCUT2D eigenvalue weighted by atomic mass is 10.2. The Morgan fingerprint density at radius 3 is 2.73 bits per heavy atom. The third-order valence-corrected chi connectivity index (χ3v) is 2.00. The van der Waals surface area contributed by atoms with Gasteiger partial charge in [-0.15, -0.1) is 0 Å². The Morgan fingerprint density at radius 2 is 2.07 bits per heavy atom. The number of hydrogen-bond donors (Lipinski definition) is 2. The van der Waals surface area contributed by atoms with Crippen LogP contribution in [0.1, 0.15) is 10.5 Å². The summed E-state index contributed by atoms with van der Waals surface area (Å²) < 4.78 is 0. The van der Waals surface area contributed by atoms with E-state index in [0.717, 1.165) is 0 Å². The average Bonchev–Trinajstić information content (AvgIpc) is 2.27. The van der Waals surface area contributed by atoms with Gasteiger partial charge in [-0.2, -0.15) is 0 Å². The van der Waals surface area contributed by atoms with Crippen molar-refractivity contribution in [1.82, 2.24) is 4.98 Å². The van der Waals surface area contributed by atoms with Crippen molar-refractivity contribution in [2.24, 2.45) is 0 Å². The Morgan fingerprint density at radius 1 is 1.27 bits per heavy atom. The number of carboxylic acid groups (broad SMARTS) is 1. The monoisotopic (exact) mass is 205 g/mol. The summed E-state index contributed by atoms with van der Waals surface area (Å²) in [7, 11) is 0. The third-order valence-electron chi connectivity index (χ3n) is 2.00. The average molecular weight is 205 g/mol. The molecule has 0 fully saturated rings. The summed E-state index contributed by atoms with van der Waals surface area (Å²) in [6.07, 6.45) is 0. The minimum absolute atomic E-state index is 0.0907. The maximum Gasteiger partial charge on any atom is 0.354 e. The molecule has 0 amide bonds. The largest absolute Gasteiger partial charge is 0.477 e. The fourth-order valence-electron chi connectivity index (χ4n) is 1.31. The number of aromatic nitrogens is 1.